The summed E-state index contributed by atoms with van der Waals surface area (Å²) in [6.45, 7) is 8.48. The average Bonchev–Trinajstić information content (AvgIpc) is 2.64. The first-order valence-electron chi connectivity index (χ1n) is 9.48. The molecule has 3 rings (SSSR count). The van der Waals surface area contributed by atoms with Gasteiger partial charge < -0.3 is 19.9 Å². The molecule has 0 spiro atoms. The van der Waals surface area contributed by atoms with E-state index in [1.165, 1.54) is 0 Å². The van der Waals surface area contributed by atoms with Crippen LogP contribution in [0, 0.1) is 0 Å². The Bertz CT molecular complexity index is 828. The second kappa shape index (κ2) is 7.92. The van der Waals surface area contributed by atoms with E-state index in [0.29, 0.717) is 18.8 Å². The van der Waals surface area contributed by atoms with Crippen molar-refractivity contribution < 1.29 is 14.3 Å². The summed E-state index contributed by atoms with van der Waals surface area (Å²) in [5.41, 5.74) is 0.458. The number of carbonyl (C=O) groups excluding carboxylic acids is 2. The quantitative estimate of drug-likeness (QED) is 0.873. The Kier molecular flexibility index (Phi) is 5.58. The zero-order valence-electron chi connectivity index (χ0n) is 16.8. The highest BCUT2D eigenvalue weighted by Gasteiger charge is 2.35. The molecule has 0 aliphatic carbocycles. The molecule has 1 atom stereocenters. The van der Waals surface area contributed by atoms with Gasteiger partial charge in [-0.3, -0.25) is 4.79 Å². The van der Waals surface area contributed by atoms with Gasteiger partial charge in [-0.1, -0.05) is 18.2 Å². The predicted octanol–water partition coefficient (Wildman–Crippen LogP) is 4.02. The molecule has 1 aliphatic heterocycles. The number of ether oxygens (including phenoxy) is 1. The summed E-state index contributed by atoms with van der Waals surface area (Å²) < 4.78 is 5.80. The Hall–Kier alpha value is -3.02. The molecule has 2 aromatic carbocycles. The number of piperazine rings is 1. The van der Waals surface area contributed by atoms with Crippen LogP contribution in [0.5, 0.6) is 11.5 Å². The molecule has 3 amide bonds. The number of nitrogens with zero attached hydrogens (tertiary/aromatic N) is 2. The van der Waals surface area contributed by atoms with Gasteiger partial charge in [0, 0.05) is 24.3 Å². The zero-order valence-corrected chi connectivity index (χ0v) is 16.8. The molecule has 0 bridgehead atoms. The Morgan fingerprint density at radius 1 is 1.00 bits per heavy atom. The van der Waals surface area contributed by atoms with E-state index in [9.17, 15) is 9.59 Å². The van der Waals surface area contributed by atoms with Gasteiger partial charge in [-0.05, 0) is 64.1 Å². The van der Waals surface area contributed by atoms with E-state index in [0.717, 1.165) is 11.4 Å². The molecule has 1 fully saturated rings. The highest BCUT2D eigenvalue weighted by atomic mass is 16.5. The number of nitrogens with one attached hydrogen (secondary N) is 1. The summed E-state index contributed by atoms with van der Waals surface area (Å²) in [5, 5.41) is 2.92. The van der Waals surface area contributed by atoms with Gasteiger partial charge in [-0.2, -0.15) is 0 Å². The van der Waals surface area contributed by atoms with Crippen LogP contribution in [0.1, 0.15) is 27.7 Å². The molecule has 2 aromatic rings. The lowest BCUT2D eigenvalue weighted by Gasteiger charge is -2.40. The number of para-hydroxylation sites is 1. The van der Waals surface area contributed by atoms with Gasteiger partial charge in [0.25, 0.3) is 0 Å². The Morgan fingerprint density at radius 2 is 1.61 bits per heavy atom. The topological polar surface area (TPSA) is 61.9 Å². The molecule has 0 radical (unpaired) electrons. The van der Waals surface area contributed by atoms with Crippen molar-refractivity contribution in [2.45, 2.75) is 39.3 Å². The average molecular weight is 381 g/mol. The van der Waals surface area contributed by atoms with Crippen LogP contribution in [0.25, 0.3) is 0 Å². The van der Waals surface area contributed by atoms with E-state index >= 15 is 0 Å². The Morgan fingerprint density at radius 3 is 2.21 bits per heavy atom. The third-order valence-corrected chi connectivity index (χ3v) is 4.53. The number of hydrogen-bond donors (Lipinski definition) is 1. The third kappa shape index (κ3) is 4.63. The van der Waals surface area contributed by atoms with Gasteiger partial charge in [0.2, 0.25) is 5.91 Å². The number of rotatable bonds is 3. The lowest BCUT2D eigenvalue weighted by atomic mass is 10.1. The second-order valence-electron chi connectivity index (χ2n) is 7.95. The van der Waals surface area contributed by atoms with Crippen LogP contribution in [-0.4, -0.2) is 41.5 Å². The Labute approximate surface area is 166 Å². The van der Waals surface area contributed by atoms with Crippen molar-refractivity contribution in [2.75, 3.05) is 18.0 Å². The van der Waals surface area contributed by atoms with Crippen LogP contribution < -0.4 is 15.0 Å². The minimum absolute atomic E-state index is 0.0907. The second-order valence-corrected chi connectivity index (χ2v) is 7.95. The summed E-state index contributed by atoms with van der Waals surface area (Å²) in [4.78, 5) is 28.6. The number of anilines is 1. The van der Waals surface area contributed by atoms with Gasteiger partial charge in [0.05, 0.1) is 0 Å². The van der Waals surface area contributed by atoms with Gasteiger partial charge in [0.1, 0.15) is 17.5 Å². The minimum Gasteiger partial charge on any atom is -0.457 e. The number of benzene rings is 2. The fraction of sp³-hybridized carbons (Fsp3) is 0.364. The molecular formula is C22H27N3O3. The normalized spacial score (nSPS) is 17.4. The maximum Gasteiger partial charge on any atom is 0.318 e. The van der Waals surface area contributed by atoms with Gasteiger partial charge in [-0.15, -0.1) is 0 Å². The highest BCUT2D eigenvalue weighted by molar-refractivity contribution is 6.00. The molecular weight excluding hydrogens is 354 g/mol. The summed E-state index contributed by atoms with van der Waals surface area (Å²) in [6, 6.07) is 16.2. The molecule has 0 aromatic heterocycles. The largest absolute Gasteiger partial charge is 0.457 e. The van der Waals surface area contributed by atoms with Crippen molar-refractivity contribution in [1.29, 1.82) is 0 Å². The molecule has 1 aliphatic rings. The van der Waals surface area contributed by atoms with Crippen LogP contribution in [0.4, 0.5) is 10.5 Å². The third-order valence-electron chi connectivity index (χ3n) is 4.53. The van der Waals surface area contributed by atoms with Gasteiger partial charge in [0.15, 0.2) is 0 Å². The maximum atomic E-state index is 12.9. The van der Waals surface area contributed by atoms with Crippen LogP contribution >= 0.6 is 0 Å². The summed E-state index contributed by atoms with van der Waals surface area (Å²) in [7, 11) is 0. The number of amides is 3. The SMILES string of the molecule is C[C@H]1C(=O)N(c2ccc(Oc3ccccc3)cc2)CCN1C(=O)NC(C)(C)C. The van der Waals surface area contributed by atoms with Crippen molar-refractivity contribution >= 4 is 17.6 Å². The van der Waals surface area contributed by atoms with E-state index in [-0.39, 0.29) is 17.5 Å². The number of urea groups is 1. The van der Waals surface area contributed by atoms with E-state index in [2.05, 4.69) is 5.32 Å². The lowest BCUT2D eigenvalue weighted by Crippen LogP contribution is -2.61. The maximum absolute atomic E-state index is 12.9. The number of carbonyl (C=O) groups is 2. The van der Waals surface area contributed by atoms with Crippen LogP contribution in [-0.2, 0) is 4.79 Å². The molecule has 0 unspecified atom stereocenters. The highest BCUT2D eigenvalue weighted by Crippen LogP contribution is 2.26. The summed E-state index contributed by atoms with van der Waals surface area (Å²) >= 11 is 0. The first-order valence-corrected chi connectivity index (χ1v) is 9.48. The van der Waals surface area contributed by atoms with E-state index in [4.69, 9.17) is 4.74 Å². The first kappa shape index (κ1) is 19.7. The number of hydrogen-bond acceptors (Lipinski definition) is 3. The standard InChI is InChI=1S/C22H27N3O3/c1-16-20(26)25(15-14-24(16)21(27)23-22(2,3)4)17-10-12-19(13-11-17)28-18-8-6-5-7-9-18/h5-13,16H,14-15H2,1-4H3,(H,23,27)/t16-/m0/s1. The molecule has 1 heterocycles. The van der Waals surface area contributed by atoms with Crippen molar-refractivity contribution in [3.8, 4) is 11.5 Å². The molecule has 148 valence electrons. The summed E-state index contributed by atoms with van der Waals surface area (Å²) in [6.07, 6.45) is 0. The fourth-order valence-electron chi connectivity index (χ4n) is 3.12. The Balaban J connectivity index is 1.66. The van der Waals surface area contributed by atoms with Gasteiger partial charge >= 0.3 is 6.03 Å². The van der Waals surface area contributed by atoms with Crippen molar-refractivity contribution in [3.05, 3.63) is 54.6 Å². The van der Waals surface area contributed by atoms with Crippen molar-refractivity contribution in [3.63, 3.8) is 0 Å². The van der Waals surface area contributed by atoms with E-state index in [1.807, 2.05) is 75.4 Å². The molecule has 0 saturated carbocycles. The van der Waals surface area contributed by atoms with Crippen molar-refractivity contribution in [2.24, 2.45) is 0 Å². The molecule has 6 heteroatoms. The van der Waals surface area contributed by atoms with Crippen LogP contribution in [0.3, 0.4) is 0 Å². The molecule has 6 nitrogen and oxygen atoms in total. The zero-order chi connectivity index (χ0) is 20.3. The van der Waals surface area contributed by atoms with E-state index < -0.39 is 6.04 Å². The monoisotopic (exact) mass is 381 g/mol. The van der Waals surface area contributed by atoms with Crippen LogP contribution in [0.15, 0.2) is 54.6 Å². The minimum atomic E-state index is -0.517. The van der Waals surface area contributed by atoms with Gasteiger partial charge in [-0.25, -0.2) is 4.79 Å². The smallest absolute Gasteiger partial charge is 0.318 e. The van der Waals surface area contributed by atoms with Crippen LogP contribution in [0.2, 0.25) is 0 Å². The van der Waals surface area contributed by atoms with Crippen molar-refractivity contribution in [1.82, 2.24) is 10.2 Å². The lowest BCUT2D eigenvalue weighted by molar-refractivity contribution is -0.124. The van der Waals surface area contributed by atoms with E-state index in [1.54, 1.807) is 16.7 Å². The summed E-state index contributed by atoms with van der Waals surface area (Å²) in [5.74, 6) is 1.38. The molecule has 1 N–H and O–H groups in total. The fourth-order valence-corrected chi connectivity index (χ4v) is 3.12. The first-order chi connectivity index (χ1) is 13.2. The molecule has 28 heavy (non-hydrogen) atoms. The predicted molar refractivity (Wildman–Crippen MR) is 110 cm³/mol. The molecule has 1 saturated heterocycles.